The minimum Gasteiger partial charge on any atom is -0.381 e. The Morgan fingerprint density at radius 2 is 1.36 bits per heavy atom. The molecule has 0 aromatic rings. The third-order valence-electron chi connectivity index (χ3n) is 2.43. The highest BCUT2D eigenvalue weighted by Crippen LogP contribution is 2.05. The Balaban J connectivity index is 2.78. The van der Waals surface area contributed by atoms with Gasteiger partial charge in [-0.15, -0.1) is 0 Å². The molecule has 0 amide bonds. The molecule has 1 heteroatoms. The summed E-state index contributed by atoms with van der Waals surface area (Å²) in [4.78, 5) is 0. The fourth-order valence-corrected chi connectivity index (χ4v) is 1.47. The lowest BCUT2D eigenvalue weighted by molar-refractivity contribution is 0.126. The molecule has 0 unspecified atom stereocenters. The Labute approximate surface area is 90.2 Å². The van der Waals surface area contributed by atoms with Gasteiger partial charge < -0.3 is 4.74 Å². The summed E-state index contributed by atoms with van der Waals surface area (Å²) >= 11 is 0. The normalized spacial score (nSPS) is 10.7. The molecule has 0 aliphatic rings. The van der Waals surface area contributed by atoms with E-state index in [1.165, 1.54) is 51.4 Å². The van der Waals surface area contributed by atoms with Crippen molar-refractivity contribution in [2.45, 2.75) is 64.7 Å². The molecule has 0 N–H and O–H groups in total. The third kappa shape index (κ3) is 12.0. The SMILES string of the molecule is [CH2]CCCCCCCOCCCCC. The first-order chi connectivity index (χ1) is 6.91. The number of hydrogen-bond acceptors (Lipinski definition) is 1. The second-order valence-corrected chi connectivity index (χ2v) is 3.94. The van der Waals surface area contributed by atoms with E-state index in [-0.39, 0.29) is 0 Å². The van der Waals surface area contributed by atoms with Crippen LogP contribution in [0.15, 0.2) is 0 Å². The maximum atomic E-state index is 5.53. The molecule has 0 aliphatic heterocycles. The summed E-state index contributed by atoms with van der Waals surface area (Å²) in [6, 6.07) is 0. The molecule has 1 nitrogen and oxygen atoms in total. The van der Waals surface area contributed by atoms with Gasteiger partial charge in [-0.2, -0.15) is 0 Å². The van der Waals surface area contributed by atoms with Crippen molar-refractivity contribution in [3.63, 3.8) is 0 Å². The van der Waals surface area contributed by atoms with Gasteiger partial charge in [-0.1, -0.05) is 58.8 Å². The minimum atomic E-state index is 0.965. The van der Waals surface area contributed by atoms with E-state index in [0.717, 1.165) is 19.6 Å². The average molecular weight is 199 g/mol. The van der Waals surface area contributed by atoms with Crippen LogP contribution in [-0.2, 0) is 4.74 Å². The van der Waals surface area contributed by atoms with Crippen molar-refractivity contribution in [3.8, 4) is 0 Å². The van der Waals surface area contributed by atoms with Crippen molar-refractivity contribution in [1.82, 2.24) is 0 Å². The maximum Gasteiger partial charge on any atom is 0.0466 e. The van der Waals surface area contributed by atoms with Crippen molar-refractivity contribution in [3.05, 3.63) is 6.92 Å². The van der Waals surface area contributed by atoms with Gasteiger partial charge in [0.1, 0.15) is 0 Å². The summed E-state index contributed by atoms with van der Waals surface area (Å²) in [5.74, 6) is 0. The monoisotopic (exact) mass is 199 g/mol. The molecule has 0 saturated carbocycles. The van der Waals surface area contributed by atoms with Crippen molar-refractivity contribution < 1.29 is 4.74 Å². The third-order valence-corrected chi connectivity index (χ3v) is 2.43. The van der Waals surface area contributed by atoms with Crippen LogP contribution in [0, 0.1) is 6.92 Å². The van der Waals surface area contributed by atoms with Crippen molar-refractivity contribution in [2.24, 2.45) is 0 Å². The molecular formula is C13H27O. The van der Waals surface area contributed by atoms with Gasteiger partial charge in [0.15, 0.2) is 0 Å². The highest BCUT2D eigenvalue weighted by molar-refractivity contribution is 4.46. The molecule has 85 valence electrons. The number of hydrogen-bond donors (Lipinski definition) is 0. The van der Waals surface area contributed by atoms with E-state index in [0.29, 0.717) is 0 Å². The Morgan fingerprint density at radius 1 is 0.786 bits per heavy atom. The molecule has 0 saturated heterocycles. The van der Waals surface area contributed by atoms with Gasteiger partial charge in [0.25, 0.3) is 0 Å². The Hall–Kier alpha value is -0.0400. The summed E-state index contributed by atoms with van der Waals surface area (Å²) in [7, 11) is 0. The smallest absolute Gasteiger partial charge is 0.0466 e. The van der Waals surface area contributed by atoms with Gasteiger partial charge >= 0.3 is 0 Å². The van der Waals surface area contributed by atoms with Crippen LogP contribution in [0.25, 0.3) is 0 Å². The molecule has 0 atom stereocenters. The molecule has 1 radical (unpaired) electrons. The average Bonchev–Trinajstić information content (AvgIpc) is 2.21. The fourth-order valence-electron chi connectivity index (χ4n) is 1.47. The second-order valence-electron chi connectivity index (χ2n) is 3.94. The molecule has 0 fully saturated rings. The van der Waals surface area contributed by atoms with E-state index < -0.39 is 0 Å². The Bertz CT molecular complexity index is 79.2. The lowest BCUT2D eigenvalue weighted by Gasteiger charge is -2.03. The summed E-state index contributed by atoms with van der Waals surface area (Å²) in [6.07, 6.45) is 11.5. The van der Waals surface area contributed by atoms with E-state index in [2.05, 4.69) is 13.8 Å². The Kier molecular flexibility index (Phi) is 12.9. The van der Waals surface area contributed by atoms with Gasteiger partial charge in [-0.05, 0) is 12.8 Å². The van der Waals surface area contributed by atoms with Crippen LogP contribution >= 0.6 is 0 Å². The molecule has 14 heavy (non-hydrogen) atoms. The molecule has 0 aliphatic carbocycles. The summed E-state index contributed by atoms with van der Waals surface area (Å²) < 4.78 is 5.53. The number of unbranched alkanes of at least 4 members (excludes halogenated alkanes) is 7. The van der Waals surface area contributed by atoms with Crippen LogP contribution < -0.4 is 0 Å². The molecule has 0 aromatic carbocycles. The molecule has 0 aromatic heterocycles. The second kappa shape index (κ2) is 13.0. The summed E-state index contributed by atoms with van der Waals surface area (Å²) in [6.45, 7) is 7.99. The largest absolute Gasteiger partial charge is 0.381 e. The zero-order valence-electron chi connectivity index (χ0n) is 9.89. The van der Waals surface area contributed by atoms with Gasteiger partial charge in [0.2, 0.25) is 0 Å². The first-order valence-electron chi connectivity index (χ1n) is 6.28. The molecular weight excluding hydrogens is 172 g/mol. The van der Waals surface area contributed by atoms with Gasteiger partial charge in [0.05, 0.1) is 0 Å². The van der Waals surface area contributed by atoms with Crippen LogP contribution in [0.2, 0.25) is 0 Å². The van der Waals surface area contributed by atoms with E-state index in [1.54, 1.807) is 0 Å². The predicted molar refractivity (Wildman–Crippen MR) is 63.4 cm³/mol. The minimum absolute atomic E-state index is 0.965. The summed E-state index contributed by atoms with van der Waals surface area (Å²) in [5.41, 5.74) is 0. The highest BCUT2D eigenvalue weighted by Gasteiger charge is 1.91. The standard InChI is InChI=1S/C13H27O/c1-3-5-7-8-9-11-13-14-12-10-6-4-2/h1,3-13H2,2H3. The van der Waals surface area contributed by atoms with E-state index in [4.69, 9.17) is 4.74 Å². The summed E-state index contributed by atoms with van der Waals surface area (Å²) in [5, 5.41) is 0. The number of ether oxygens (including phenoxy) is 1. The van der Waals surface area contributed by atoms with Crippen LogP contribution in [0.4, 0.5) is 0 Å². The quantitative estimate of drug-likeness (QED) is 0.449. The van der Waals surface area contributed by atoms with Crippen molar-refractivity contribution in [2.75, 3.05) is 13.2 Å². The van der Waals surface area contributed by atoms with Gasteiger partial charge in [-0.25, -0.2) is 0 Å². The van der Waals surface area contributed by atoms with Crippen LogP contribution in [-0.4, -0.2) is 13.2 Å². The Morgan fingerprint density at radius 3 is 2.00 bits per heavy atom. The first kappa shape index (κ1) is 14.0. The molecule has 0 rings (SSSR count). The van der Waals surface area contributed by atoms with E-state index in [9.17, 15) is 0 Å². The predicted octanol–water partition coefficient (Wildman–Crippen LogP) is 4.37. The maximum absolute atomic E-state index is 5.53. The number of rotatable bonds is 11. The van der Waals surface area contributed by atoms with Crippen LogP contribution in [0.1, 0.15) is 64.7 Å². The van der Waals surface area contributed by atoms with Gasteiger partial charge in [0, 0.05) is 13.2 Å². The van der Waals surface area contributed by atoms with Crippen LogP contribution in [0.3, 0.4) is 0 Å². The zero-order chi connectivity index (χ0) is 10.5. The van der Waals surface area contributed by atoms with Crippen molar-refractivity contribution in [1.29, 1.82) is 0 Å². The molecule has 0 heterocycles. The van der Waals surface area contributed by atoms with Crippen LogP contribution in [0.5, 0.6) is 0 Å². The lowest BCUT2D eigenvalue weighted by atomic mass is 10.1. The van der Waals surface area contributed by atoms with E-state index >= 15 is 0 Å². The molecule has 0 spiro atoms. The van der Waals surface area contributed by atoms with Crippen molar-refractivity contribution >= 4 is 0 Å². The fraction of sp³-hybridized carbons (Fsp3) is 0.923. The van der Waals surface area contributed by atoms with Gasteiger partial charge in [-0.3, -0.25) is 0 Å². The topological polar surface area (TPSA) is 9.23 Å². The highest BCUT2D eigenvalue weighted by atomic mass is 16.5. The lowest BCUT2D eigenvalue weighted by Crippen LogP contribution is -1.96. The molecule has 0 bridgehead atoms. The first-order valence-corrected chi connectivity index (χ1v) is 6.28. The van der Waals surface area contributed by atoms with E-state index in [1.807, 2.05) is 0 Å². The zero-order valence-corrected chi connectivity index (χ0v) is 9.89.